The first kappa shape index (κ1) is 8.72. The first-order valence-corrected chi connectivity index (χ1v) is 5.55. The molecule has 3 nitrogen and oxygen atoms in total. The van der Waals surface area contributed by atoms with Gasteiger partial charge in [0.05, 0.1) is 6.42 Å². The lowest BCUT2D eigenvalue weighted by atomic mass is 9.76. The number of carbonyl (C=O) groups excluding carboxylic acids is 1. The van der Waals surface area contributed by atoms with Crippen molar-refractivity contribution in [1.82, 2.24) is 0 Å². The van der Waals surface area contributed by atoms with Crippen LogP contribution in [0.3, 0.4) is 0 Å². The van der Waals surface area contributed by atoms with Crippen LogP contribution in [-0.4, -0.2) is 23.3 Å². The summed E-state index contributed by atoms with van der Waals surface area (Å²) in [7, 11) is 0. The Labute approximate surface area is 83.4 Å². The summed E-state index contributed by atoms with van der Waals surface area (Å²) in [4.78, 5) is 11.0. The van der Waals surface area contributed by atoms with Gasteiger partial charge in [0.15, 0.2) is 0 Å². The first-order valence-electron chi connectivity index (χ1n) is 5.55. The fourth-order valence-corrected chi connectivity index (χ4v) is 3.70. The van der Waals surface area contributed by atoms with Crippen molar-refractivity contribution in [2.45, 2.75) is 37.7 Å². The van der Waals surface area contributed by atoms with E-state index >= 15 is 0 Å². The standard InChI is InChI=1S/C11H16O3/c12-10-5-11(13,6-14-10)9-4-7-1-2-8(9)3-7/h7-9,13H,1-6H2. The van der Waals surface area contributed by atoms with Gasteiger partial charge in [-0.2, -0.15) is 0 Å². The third-order valence-corrected chi connectivity index (χ3v) is 4.36. The van der Waals surface area contributed by atoms with E-state index in [2.05, 4.69) is 0 Å². The highest BCUT2D eigenvalue weighted by atomic mass is 16.6. The average molecular weight is 196 g/mol. The molecule has 3 heteroatoms. The summed E-state index contributed by atoms with van der Waals surface area (Å²) >= 11 is 0. The van der Waals surface area contributed by atoms with Crippen molar-refractivity contribution in [3.63, 3.8) is 0 Å². The zero-order valence-corrected chi connectivity index (χ0v) is 8.24. The molecular formula is C11H16O3. The Balaban J connectivity index is 1.79. The molecule has 3 aliphatic rings. The summed E-state index contributed by atoms with van der Waals surface area (Å²) in [6.07, 6.45) is 5.16. The summed E-state index contributed by atoms with van der Waals surface area (Å²) in [6, 6.07) is 0. The molecule has 0 radical (unpaired) electrons. The Kier molecular flexibility index (Phi) is 1.69. The van der Waals surface area contributed by atoms with Crippen LogP contribution in [0, 0.1) is 17.8 Å². The Hall–Kier alpha value is -0.570. The summed E-state index contributed by atoms with van der Waals surface area (Å²) < 4.78 is 4.90. The van der Waals surface area contributed by atoms with Crippen molar-refractivity contribution in [3.05, 3.63) is 0 Å². The molecule has 1 N–H and O–H groups in total. The molecule has 78 valence electrons. The normalized spacial score (nSPS) is 51.2. The van der Waals surface area contributed by atoms with Gasteiger partial charge in [-0.1, -0.05) is 6.42 Å². The molecule has 1 heterocycles. The molecule has 0 spiro atoms. The van der Waals surface area contributed by atoms with Gasteiger partial charge in [-0.3, -0.25) is 4.79 Å². The predicted octanol–water partition coefficient (Wildman–Crippen LogP) is 1.10. The highest BCUT2D eigenvalue weighted by Crippen LogP contribution is 2.53. The number of esters is 1. The van der Waals surface area contributed by atoms with Crippen LogP contribution in [-0.2, 0) is 9.53 Å². The lowest BCUT2D eigenvalue weighted by Gasteiger charge is -2.33. The van der Waals surface area contributed by atoms with E-state index < -0.39 is 5.60 Å². The minimum atomic E-state index is -0.822. The molecule has 3 rings (SSSR count). The van der Waals surface area contributed by atoms with E-state index in [1.807, 2.05) is 0 Å². The maximum Gasteiger partial charge on any atom is 0.308 e. The van der Waals surface area contributed by atoms with Crippen molar-refractivity contribution in [3.8, 4) is 0 Å². The molecular weight excluding hydrogens is 180 g/mol. The maximum atomic E-state index is 11.0. The van der Waals surface area contributed by atoms with Crippen LogP contribution < -0.4 is 0 Å². The molecule has 2 saturated carbocycles. The van der Waals surface area contributed by atoms with E-state index in [9.17, 15) is 9.90 Å². The number of carbonyl (C=O) groups is 1. The van der Waals surface area contributed by atoms with Crippen LogP contribution in [0.4, 0.5) is 0 Å². The van der Waals surface area contributed by atoms with Crippen molar-refractivity contribution in [2.24, 2.45) is 17.8 Å². The second-order valence-electron chi connectivity index (χ2n) is 5.22. The summed E-state index contributed by atoms with van der Waals surface area (Å²) in [5, 5.41) is 10.3. The second kappa shape index (κ2) is 2.72. The fraction of sp³-hybridized carbons (Fsp3) is 0.909. The van der Waals surface area contributed by atoms with Crippen LogP contribution >= 0.6 is 0 Å². The molecule has 2 aliphatic carbocycles. The van der Waals surface area contributed by atoms with E-state index in [1.54, 1.807) is 0 Å². The number of ether oxygens (including phenoxy) is 1. The van der Waals surface area contributed by atoms with Gasteiger partial charge in [0, 0.05) is 0 Å². The molecule has 0 aromatic rings. The Morgan fingerprint density at radius 3 is 2.71 bits per heavy atom. The quantitative estimate of drug-likeness (QED) is 0.639. The SMILES string of the molecule is O=C1CC(O)(C2CC3CCC2C3)CO1. The molecule has 4 atom stereocenters. The predicted molar refractivity (Wildman–Crippen MR) is 49.5 cm³/mol. The van der Waals surface area contributed by atoms with E-state index in [-0.39, 0.29) is 19.0 Å². The van der Waals surface area contributed by atoms with Gasteiger partial charge in [0.2, 0.25) is 0 Å². The van der Waals surface area contributed by atoms with Crippen molar-refractivity contribution < 1.29 is 14.6 Å². The van der Waals surface area contributed by atoms with Gasteiger partial charge in [0.1, 0.15) is 12.2 Å². The van der Waals surface area contributed by atoms with Gasteiger partial charge in [-0.25, -0.2) is 0 Å². The number of fused-ring (bicyclic) bond motifs is 2. The van der Waals surface area contributed by atoms with Gasteiger partial charge in [-0.15, -0.1) is 0 Å². The third kappa shape index (κ3) is 1.11. The number of hydrogen-bond donors (Lipinski definition) is 1. The molecule has 2 bridgehead atoms. The number of hydrogen-bond acceptors (Lipinski definition) is 3. The smallest absolute Gasteiger partial charge is 0.308 e. The van der Waals surface area contributed by atoms with Crippen LogP contribution in [0.15, 0.2) is 0 Å². The molecule has 3 fully saturated rings. The third-order valence-electron chi connectivity index (χ3n) is 4.36. The zero-order chi connectivity index (χ0) is 9.76. The minimum absolute atomic E-state index is 0.223. The first-order chi connectivity index (χ1) is 6.67. The Morgan fingerprint density at radius 1 is 1.36 bits per heavy atom. The molecule has 0 aromatic heterocycles. The highest BCUT2D eigenvalue weighted by molar-refractivity contribution is 5.73. The Bertz CT molecular complexity index is 276. The highest BCUT2D eigenvalue weighted by Gasteiger charge is 2.53. The lowest BCUT2D eigenvalue weighted by molar-refractivity contribution is -0.137. The van der Waals surface area contributed by atoms with E-state index in [0.717, 1.165) is 12.3 Å². The second-order valence-corrected chi connectivity index (χ2v) is 5.22. The molecule has 4 unspecified atom stereocenters. The van der Waals surface area contributed by atoms with E-state index in [1.165, 1.54) is 19.3 Å². The largest absolute Gasteiger partial charge is 0.462 e. The van der Waals surface area contributed by atoms with Gasteiger partial charge < -0.3 is 9.84 Å². The van der Waals surface area contributed by atoms with Crippen molar-refractivity contribution >= 4 is 5.97 Å². The van der Waals surface area contributed by atoms with Crippen molar-refractivity contribution in [2.75, 3.05) is 6.61 Å². The van der Waals surface area contributed by atoms with Gasteiger partial charge >= 0.3 is 5.97 Å². The number of cyclic esters (lactones) is 1. The summed E-state index contributed by atoms with van der Waals surface area (Å²) in [5.74, 6) is 1.56. The number of aliphatic hydroxyl groups is 1. The Morgan fingerprint density at radius 2 is 2.21 bits per heavy atom. The topological polar surface area (TPSA) is 46.5 Å². The molecule has 0 amide bonds. The van der Waals surface area contributed by atoms with Crippen LogP contribution in [0.1, 0.15) is 32.1 Å². The molecule has 1 saturated heterocycles. The maximum absolute atomic E-state index is 11.0. The summed E-state index contributed by atoms with van der Waals surface area (Å²) in [6.45, 7) is 0.236. The van der Waals surface area contributed by atoms with Crippen molar-refractivity contribution in [1.29, 1.82) is 0 Å². The van der Waals surface area contributed by atoms with Gasteiger partial charge in [0.25, 0.3) is 0 Å². The van der Waals surface area contributed by atoms with E-state index in [4.69, 9.17) is 4.74 Å². The zero-order valence-electron chi connectivity index (χ0n) is 8.24. The molecule has 14 heavy (non-hydrogen) atoms. The van der Waals surface area contributed by atoms with Crippen LogP contribution in [0.25, 0.3) is 0 Å². The molecule has 0 aromatic carbocycles. The van der Waals surface area contributed by atoms with Gasteiger partial charge in [-0.05, 0) is 37.0 Å². The van der Waals surface area contributed by atoms with Crippen LogP contribution in [0.2, 0.25) is 0 Å². The monoisotopic (exact) mass is 196 g/mol. The van der Waals surface area contributed by atoms with E-state index in [0.29, 0.717) is 11.8 Å². The van der Waals surface area contributed by atoms with Crippen LogP contribution in [0.5, 0.6) is 0 Å². The fourth-order valence-electron chi connectivity index (χ4n) is 3.70. The minimum Gasteiger partial charge on any atom is -0.462 e. The lowest BCUT2D eigenvalue weighted by Crippen LogP contribution is -2.41. The molecule has 1 aliphatic heterocycles. The summed E-state index contributed by atoms with van der Waals surface area (Å²) in [5.41, 5.74) is -0.822. The number of rotatable bonds is 1. The average Bonchev–Trinajstić information content (AvgIpc) is 2.80.